The number of hydrogen-bond donors (Lipinski definition) is 2. The highest BCUT2D eigenvalue weighted by atomic mass is 32.2. The summed E-state index contributed by atoms with van der Waals surface area (Å²) in [6.07, 6.45) is 2.05. The minimum Gasteiger partial charge on any atom is -0.265 e. The second-order valence-electron chi connectivity index (χ2n) is 4.35. The molecule has 0 aliphatic carbocycles. The van der Waals surface area contributed by atoms with E-state index in [0.717, 1.165) is 24.3 Å². The van der Waals surface area contributed by atoms with Crippen molar-refractivity contribution in [3.63, 3.8) is 0 Å². The van der Waals surface area contributed by atoms with E-state index in [1.807, 2.05) is 0 Å². The van der Waals surface area contributed by atoms with E-state index in [-0.39, 0.29) is 5.41 Å². The van der Waals surface area contributed by atoms with E-state index in [1.165, 1.54) is 16.4 Å². The molecule has 0 amide bonds. The van der Waals surface area contributed by atoms with Gasteiger partial charge < -0.3 is 0 Å². The molecule has 0 fully saturated rings. The molecule has 0 atom stereocenters. The highest BCUT2D eigenvalue weighted by Crippen LogP contribution is 2.33. The molecule has 0 aromatic carbocycles. The van der Waals surface area contributed by atoms with Crippen LogP contribution in [0.25, 0.3) is 0 Å². The Balaban J connectivity index is 2.89. The average Bonchev–Trinajstić information content (AvgIpc) is 2.37. The van der Waals surface area contributed by atoms with Crippen LogP contribution in [0.3, 0.4) is 0 Å². The molecular weight excluding hydrogens is 270 g/mol. The van der Waals surface area contributed by atoms with Crippen LogP contribution < -0.4 is 11.1 Å². The Bertz CT molecular complexity index is 497. The largest absolute Gasteiger partial charge is 0.339 e. The van der Waals surface area contributed by atoms with Crippen LogP contribution >= 0.6 is 24.4 Å². The molecule has 0 bridgehead atoms. The lowest BCUT2D eigenvalue weighted by atomic mass is 9.87. The third-order valence-corrected chi connectivity index (χ3v) is 5.34. The summed E-state index contributed by atoms with van der Waals surface area (Å²) < 4.78 is 1.49. The maximum atomic E-state index is 11.2. The lowest BCUT2D eigenvalue weighted by Crippen LogP contribution is -2.34. The fraction of sp³-hybridized carbons (Fsp3) is 0.727. The maximum absolute atomic E-state index is 11.2. The summed E-state index contributed by atoms with van der Waals surface area (Å²) >= 11 is 5.89. The van der Waals surface area contributed by atoms with Gasteiger partial charge in [0.15, 0.2) is 5.16 Å². The lowest BCUT2D eigenvalue weighted by Gasteiger charge is -2.29. The minimum absolute atomic E-state index is 0.141. The van der Waals surface area contributed by atoms with Crippen molar-refractivity contribution in [2.24, 2.45) is 12.5 Å². The molecule has 1 heterocycles. The minimum atomic E-state index is -0.736. The van der Waals surface area contributed by atoms with Gasteiger partial charge in [-0.2, -0.15) is 17.6 Å². The van der Waals surface area contributed by atoms with Crippen LogP contribution in [-0.2, 0) is 7.05 Å². The molecule has 0 unspecified atom stereocenters. The number of rotatable bonds is 6. The van der Waals surface area contributed by atoms with Crippen LogP contribution in [0, 0.1) is 5.41 Å². The smallest absolute Gasteiger partial charge is 0.265 e. The molecule has 0 aliphatic heterocycles. The highest BCUT2D eigenvalue weighted by molar-refractivity contribution is 7.99. The van der Waals surface area contributed by atoms with Crippen molar-refractivity contribution in [1.29, 1.82) is 0 Å². The number of aryl methyl sites for hydroxylation is 1. The summed E-state index contributed by atoms with van der Waals surface area (Å²) in [5, 5.41) is 2.98. The zero-order valence-corrected chi connectivity index (χ0v) is 12.6. The number of H-pyrrole nitrogens is 1. The Hall–Kier alpha value is -0.690. The molecule has 0 aliphatic rings. The van der Waals surface area contributed by atoms with Crippen LogP contribution in [0.4, 0.5) is 0 Å². The molecule has 0 saturated heterocycles. The first kappa shape index (κ1) is 15.4. The molecule has 1 rings (SSSR count). The molecule has 18 heavy (non-hydrogen) atoms. The third kappa shape index (κ3) is 3.41. The van der Waals surface area contributed by atoms with Gasteiger partial charge in [-0.3, -0.25) is 19.4 Å². The first-order valence-corrected chi connectivity index (χ1v) is 7.51. The Morgan fingerprint density at radius 1 is 1.39 bits per heavy atom. The number of hydrogen-bond acceptors (Lipinski definition) is 5. The Morgan fingerprint density at radius 2 is 2.00 bits per heavy atom. The molecule has 1 aromatic rings. The predicted molar refractivity (Wildman–Crippen MR) is 77.7 cm³/mol. The quantitative estimate of drug-likeness (QED) is 0.470. The molecule has 0 spiro atoms. The highest BCUT2D eigenvalue weighted by Gasteiger charge is 2.25. The summed E-state index contributed by atoms with van der Waals surface area (Å²) in [5.74, 6) is 1.63. The lowest BCUT2D eigenvalue weighted by molar-refractivity contribution is 0.356. The van der Waals surface area contributed by atoms with Gasteiger partial charge in [0.2, 0.25) is 0 Å². The Kier molecular flexibility index (Phi) is 5.52. The fourth-order valence-corrected chi connectivity index (χ4v) is 3.57. The summed E-state index contributed by atoms with van der Waals surface area (Å²) in [5.41, 5.74) is -1.28. The average molecular weight is 289 g/mol. The van der Waals surface area contributed by atoms with Gasteiger partial charge >= 0.3 is 11.1 Å². The molecule has 5 nitrogen and oxygen atoms in total. The second kappa shape index (κ2) is 6.47. The van der Waals surface area contributed by atoms with Gasteiger partial charge in [0.05, 0.1) is 0 Å². The van der Waals surface area contributed by atoms with E-state index in [4.69, 9.17) is 0 Å². The monoisotopic (exact) mass is 289 g/mol. The molecule has 7 heteroatoms. The van der Waals surface area contributed by atoms with Crippen molar-refractivity contribution in [3.8, 4) is 0 Å². The number of nitrogens with one attached hydrogen (secondary N) is 1. The van der Waals surface area contributed by atoms with E-state index in [2.05, 4.69) is 36.6 Å². The maximum Gasteiger partial charge on any atom is 0.339 e. The first-order valence-electron chi connectivity index (χ1n) is 5.89. The van der Waals surface area contributed by atoms with Crippen molar-refractivity contribution < 1.29 is 0 Å². The number of aromatic nitrogens is 3. The van der Waals surface area contributed by atoms with Crippen molar-refractivity contribution in [3.05, 3.63) is 20.7 Å². The number of aromatic amines is 1. The SMILES string of the molecule is CCC(CC)(CS)CSc1nc(=O)c(=O)[nH]n1C. The van der Waals surface area contributed by atoms with Gasteiger partial charge in [0, 0.05) is 12.8 Å². The van der Waals surface area contributed by atoms with Crippen LogP contribution in [-0.4, -0.2) is 26.3 Å². The standard InChI is InChI=1S/C11H19N3O2S2/c1-4-11(5-2,6-17)7-18-10-12-8(15)9(16)13-14(10)3/h17H,4-7H2,1-3H3,(H,13,16). The van der Waals surface area contributed by atoms with Crippen LogP contribution in [0.2, 0.25) is 0 Å². The van der Waals surface area contributed by atoms with Crippen LogP contribution in [0.1, 0.15) is 26.7 Å². The normalized spacial score (nSPS) is 11.8. The molecule has 1 aromatic heterocycles. The van der Waals surface area contributed by atoms with Gasteiger partial charge in [-0.25, -0.2) is 0 Å². The van der Waals surface area contributed by atoms with Crippen molar-refractivity contribution in [1.82, 2.24) is 14.8 Å². The Labute approximate surface area is 116 Å². The van der Waals surface area contributed by atoms with E-state index < -0.39 is 11.1 Å². The van der Waals surface area contributed by atoms with E-state index in [9.17, 15) is 9.59 Å². The summed E-state index contributed by atoms with van der Waals surface area (Å²) in [6, 6.07) is 0. The van der Waals surface area contributed by atoms with E-state index >= 15 is 0 Å². The van der Waals surface area contributed by atoms with Gasteiger partial charge in [-0.1, -0.05) is 25.6 Å². The molecule has 0 radical (unpaired) electrons. The predicted octanol–water partition coefficient (Wildman–Crippen LogP) is 1.30. The molecule has 0 saturated carbocycles. The zero-order valence-electron chi connectivity index (χ0n) is 10.9. The van der Waals surface area contributed by atoms with E-state index in [1.54, 1.807) is 7.05 Å². The molecule has 102 valence electrons. The second-order valence-corrected chi connectivity index (χ2v) is 5.61. The number of nitrogens with zero attached hydrogens (tertiary/aromatic N) is 2. The van der Waals surface area contributed by atoms with Gasteiger partial charge in [-0.05, 0) is 24.0 Å². The number of thiol groups is 1. The van der Waals surface area contributed by atoms with Crippen LogP contribution in [0.15, 0.2) is 14.7 Å². The topological polar surface area (TPSA) is 67.8 Å². The molecular formula is C11H19N3O2S2. The summed E-state index contributed by atoms with van der Waals surface area (Å²) in [4.78, 5) is 26.1. The van der Waals surface area contributed by atoms with Crippen molar-refractivity contribution in [2.75, 3.05) is 11.5 Å². The fourth-order valence-electron chi connectivity index (χ4n) is 1.53. The summed E-state index contributed by atoms with van der Waals surface area (Å²) in [7, 11) is 1.68. The molecule has 1 N–H and O–H groups in total. The third-order valence-electron chi connectivity index (χ3n) is 3.29. The van der Waals surface area contributed by atoms with Crippen molar-refractivity contribution in [2.45, 2.75) is 31.8 Å². The summed E-state index contributed by atoms with van der Waals surface area (Å²) in [6.45, 7) is 4.28. The van der Waals surface area contributed by atoms with E-state index in [0.29, 0.717) is 5.16 Å². The van der Waals surface area contributed by atoms with Crippen LogP contribution in [0.5, 0.6) is 0 Å². The Morgan fingerprint density at radius 3 is 2.50 bits per heavy atom. The van der Waals surface area contributed by atoms with Gasteiger partial charge in [-0.15, -0.1) is 0 Å². The van der Waals surface area contributed by atoms with Crippen molar-refractivity contribution >= 4 is 24.4 Å². The zero-order chi connectivity index (χ0) is 13.8. The first-order chi connectivity index (χ1) is 8.48. The van der Waals surface area contributed by atoms with Gasteiger partial charge in [0.1, 0.15) is 0 Å². The number of thioether (sulfide) groups is 1. The van der Waals surface area contributed by atoms with Gasteiger partial charge in [0.25, 0.3) is 0 Å².